The van der Waals surface area contributed by atoms with Crippen molar-refractivity contribution in [2.75, 3.05) is 19.6 Å². The van der Waals surface area contributed by atoms with E-state index in [2.05, 4.69) is 29.0 Å². The number of nitrogens with one attached hydrogen (secondary N) is 1. The highest BCUT2D eigenvalue weighted by Gasteiger charge is 2.45. The summed E-state index contributed by atoms with van der Waals surface area (Å²) in [6.45, 7) is 5.38. The molecular formula is C25H29N3O2. The Kier molecular flexibility index (Phi) is 5.98. The van der Waals surface area contributed by atoms with Gasteiger partial charge in [-0.05, 0) is 49.3 Å². The maximum Gasteiger partial charge on any atom is 0.228 e. The molecule has 156 valence electrons. The Labute approximate surface area is 178 Å². The molecule has 0 radical (unpaired) electrons. The van der Waals surface area contributed by atoms with Crippen molar-refractivity contribution in [1.82, 2.24) is 15.2 Å². The highest BCUT2D eigenvalue weighted by atomic mass is 16.2. The van der Waals surface area contributed by atoms with E-state index in [0.29, 0.717) is 19.5 Å². The van der Waals surface area contributed by atoms with Crippen molar-refractivity contribution in [3.63, 3.8) is 0 Å². The Bertz CT molecular complexity index is 923. The Morgan fingerprint density at radius 1 is 1.23 bits per heavy atom. The molecule has 2 aliphatic rings. The van der Waals surface area contributed by atoms with E-state index in [-0.39, 0.29) is 17.7 Å². The molecule has 1 aromatic heterocycles. The number of piperidine rings is 1. The van der Waals surface area contributed by atoms with Gasteiger partial charge in [-0.1, -0.05) is 36.4 Å². The summed E-state index contributed by atoms with van der Waals surface area (Å²) in [5, 5.41) is 3.02. The Balaban J connectivity index is 1.66. The van der Waals surface area contributed by atoms with Crippen LogP contribution in [-0.4, -0.2) is 41.3 Å². The number of benzene rings is 1. The Morgan fingerprint density at radius 2 is 2.07 bits per heavy atom. The molecule has 1 aromatic carbocycles. The first-order valence-corrected chi connectivity index (χ1v) is 10.8. The first-order valence-electron chi connectivity index (χ1n) is 10.8. The molecule has 1 atom stereocenters. The number of rotatable bonds is 7. The minimum absolute atomic E-state index is 0.0108. The van der Waals surface area contributed by atoms with Crippen LogP contribution in [0.25, 0.3) is 11.1 Å². The third-order valence-electron chi connectivity index (χ3n) is 6.22. The SMILES string of the molecule is C=CCNC(=O)C1(Cc2ccccc2-c2cccnc2)CCCN(C(=O)C2CC2)C1. The van der Waals surface area contributed by atoms with Crippen LogP contribution in [0.3, 0.4) is 0 Å². The summed E-state index contributed by atoms with van der Waals surface area (Å²) in [5.41, 5.74) is 2.60. The number of carbonyl (C=O) groups is 2. The summed E-state index contributed by atoms with van der Waals surface area (Å²) in [4.78, 5) is 32.4. The predicted molar refractivity (Wildman–Crippen MR) is 118 cm³/mol. The lowest BCUT2D eigenvalue weighted by Crippen LogP contribution is -2.54. The number of carbonyl (C=O) groups excluding carboxylic acids is 2. The standard InChI is InChI=1S/C25H29N3O2/c1-2-13-27-24(30)25(12-6-15-28(18-25)23(29)19-10-11-19)16-20-7-3-4-9-22(20)21-8-5-14-26-17-21/h2-5,7-9,14,17,19H,1,6,10-13,15-16,18H2,(H,27,30). The second-order valence-corrected chi connectivity index (χ2v) is 8.49. The van der Waals surface area contributed by atoms with Gasteiger partial charge in [-0.25, -0.2) is 0 Å². The number of nitrogens with zero attached hydrogens (tertiary/aromatic N) is 2. The maximum absolute atomic E-state index is 13.4. The number of hydrogen-bond acceptors (Lipinski definition) is 3. The van der Waals surface area contributed by atoms with Gasteiger partial charge in [0.15, 0.2) is 0 Å². The molecule has 1 aliphatic heterocycles. The normalized spacial score (nSPS) is 21.1. The minimum Gasteiger partial charge on any atom is -0.352 e. The molecule has 5 nitrogen and oxygen atoms in total. The molecule has 4 rings (SSSR count). The monoisotopic (exact) mass is 403 g/mol. The van der Waals surface area contributed by atoms with Crippen LogP contribution in [0.15, 0.2) is 61.4 Å². The third kappa shape index (κ3) is 4.30. The van der Waals surface area contributed by atoms with Gasteiger partial charge in [-0.15, -0.1) is 6.58 Å². The zero-order chi connectivity index (χ0) is 21.0. The van der Waals surface area contributed by atoms with Crippen LogP contribution in [-0.2, 0) is 16.0 Å². The van der Waals surface area contributed by atoms with Gasteiger partial charge in [-0.2, -0.15) is 0 Å². The lowest BCUT2D eigenvalue weighted by molar-refractivity contribution is -0.142. The van der Waals surface area contributed by atoms with Gasteiger partial charge in [0, 0.05) is 43.5 Å². The molecule has 1 unspecified atom stereocenters. The van der Waals surface area contributed by atoms with Crippen molar-refractivity contribution in [1.29, 1.82) is 0 Å². The molecule has 1 saturated heterocycles. The lowest BCUT2D eigenvalue weighted by Gasteiger charge is -2.42. The summed E-state index contributed by atoms with van der Waals surface area (Å²) in [7, 11) is 0. The van der Waals surface area contributed by atoms with Crippen molar-refractivity contribution in [2.45, 2.75) is 32.1 Å². The quantitative estimate of drug-likeness (QED) is 0.719. The lowest BCUT2D eigenvalue weighted by atomic mass is 9.73. The van der Waals surface area contributed by atoms with Crippen LogP contribution >= 0.6 is 0 Å². The fourth-order valence-corrected chi connectivity index (χ4v) is 4.51. The Hall–Kier alpha value is -2.95. The number of pyridine rings is 1. The average Bonchev–Trinajstić information content (AvgIpc) is 3.63. The van der Waals surface area contributed by atoms with Crippen molar-refractivity contribution in [3.8, 4) is 11.1 Å². The topological polar surface area (TPSA) is 62.3 Å². The summed E-state index contributed by atoms with van der Waals surface area (Å²) in [6.07, 6.45) is 9.48. The molecule has 1 aliphatic carbocycles. The zero-order valence-corrected chi connectivity index (χ0v) is 17.3. The predicted octanol–water partition coefficient (Wildman–Crippen LogP) is 3.61. The van der Waals surface area contributed by atoms with Gasteiger partial charge < -0.3 is 10.2 Å². The van der Waals surface area contributed by atoms with Gasteiger partial charge in [0.2, 0.25) is 11.8 Å². The van der Waals surface area contributed by atoms with E-state index in [1.54, 1.807) is 12.3 Å². The van der Waals surface area contributed by atoms with Crippen molar-refractivity contribution >= 4 is 11.8 Å². The smallest absolute Gasteiger partial charge is 0.228 e. The van der Waals surface area contributed by atoms with E-state index >= 15 is 0 Å². The summed E-state index contributed by atoms with van der Waals surface area (Å²) in [6, 6.07) is 12.2. The molecule has 0 bridgehead atoms. The van der Waals surface area contributed by atoms with Crippen LogP contribution in [0.1, 0.15) is 31.2 Å². The fraction of sp³-hybridized carbons (Fsp3) is 0.400. The molecule has 2 amide bonds. The molecule has 2 fully saturated rings. The first kappa shape index (κ1) is 20.3. The van der Waals surface area contributed by atoms with Crippen LogP contribution in [0.5, 0.6) is 0 Å². The van der Waals surface area contributed by atoms with E-state index in [9.17, 15) is 9.59 Å². The molecule has 2 heterocycles. The average molecular weight is 404 g/mol. The third-order valence-corrected chi connectivity index (χ3v) is 6.22. The molecule has 5 heteroatoms. The van der Waals surface area contributed by atoms with E-state index in [1.165, 1.54) is 0 Å². The maximum atomic E-state index is 13.4. The first-order chi connectivity index (χ1) is 14.6. The summed E-state index contributed by atoms with van der Waals surface area (Å²) < 4.78 is 0. The number of hydrogen-bond donors (Lipinski definition) is 1. The molecule has 1 saturated carbocycles. The van der Waals surface area contributed by atoms with E-state index in [1.807, 2.05) is 35.4 Å². The number of likely N-dealkylation sites (tertiary alicyclic amines) is 1. The largest absolute Gasteiger partial charge is 0.352 e. The van der Waals surface area contributed by atoms with Crippen LogP contribution in [0, 0.1) is 11.3 Å². The van der Waals surface area contributed by atoms with Crippen molar-refractivity contribution in [3.05, 3.63) is 67.0 Å². The second kappa shape index (κ2) is 8.82. The molecule has 0 spiro atoms. The number of amides is 2. The van der Waals surface area contributed by atoms with E-state index < -0.39 is 5.41 Å². The van der Waals surface area contributed by atoms with Crippen LogP contribution < -0.4 is 5.32 Å². The zero-order valence-electron chi connectivity index (χ0n) is 17.3. The van der Waals surface area contributed by atoms with Crippen LogP contribution in [0.4, 0.5) is 0 Å². The fourth-order valence-electron chi connectivity index (χ4n) is 4.51. The van der Waals surface area contributed by atoms with Crippen molar-refractivity contribution < 1.29 is 9.59 Å². The molecule has 30 heavy (non-hydrogen) atoms. The molecular weight excluding hydrogens is 374 g/mol. The van der Waals surface area contributed by atoms with E-state index in [0.717, 1.165) is 48.9 Å². The second-order valence-electron chi connectivity index (χ2n) is 8.49. The number of aromatic nitrogens is 1. The highest BCUT2D eigenvalue weighted by Crippen LogP contribution is 2.39. The van der Waals surface area contributed by atoms with E-state index in [4.69, 9.17) is 0 Å². The minimum atomic E-state index is -0.635. The highest BCUT2D eigenvalue weighted by molar-refractivity contribution is 5.86. The summed E-state index contributed by atoms with van der Waals surface area (Å²) in [5.74, 6) is 0.396. The molecule has 1 N–H and O–H groups in total. The van der Waals surface area contributed by atoms with Crippen LogP contribution in [0.2, 0.25) is 0 Å². The van der Waals surface area contributed by atoms with Gasteiger partial charge >= 0.3 is 0 Å². The van der Waals surface area contributed by atoms with Gasteiger partial charge in [-0.3, -0.25) is 14.6 Å². The van der Waals surface area contributed by atoms with Crippen molar-refractivity contribution in [2.24, 2.45) is 11.3 Å². The van der Waals surface area contributed by atoms with Gasteiger partial charge in [0.05, 0.1) is 5.41 Å². The van der Waals surface area contributed by atoms with Gasteiger partial charge in [0.25, 0.3) is 0 Å². The Morgan fingerprint density at radius 3 is 2.80 bits per heavy atom. The molecule has 2 aromatic rings. The van der Waals surface area contributed by atoms with Gasteiger partial charge in [0.1, 0.15) is 0 Å². The summed E-state index contributed by atoms with van der Waals surface area (Å²) >= 11 is 0.